The van der Waals surface area contributed by atoms with Crippen LogP contribution in [-0.2, 0) is 35.1 Å². The van der Waals surface area contributed by atoms with Gasteiger partial charge in [-0.15, -0.1) is 11.6 Å². The van der Waals surface area contributed by atoms with E-state index in [1.807, 2.05) is 54.6 Å². The van der Waals surface area contributed by atoms with E-state index in [9.17, 15) is 28.8 Å². The Labute approximate surface area is 313 Å². The Balaban J connectivity index is 1.41. The molecule has 3 aromatic rings. The van der Waals surface area contributed by atoms with E-state index in [4.69, 9.17) is 22.1 Å². The fourth-order valence-corrected chi connectivity index (χ4v) is 7.55. The summed E-state index contributed by atoms with van der Waals surface area (Å²) in [5.74, 6) is -3.10. The molecule has 6 amide bonds. The van der Waals surface area contributed by atoms with Crippen LogP contribution < -0.4 is 21.7 Å². The van der Waals surface area contributed by atoms with Crippen molar-refractivity contribution >= 4 is 58.1 Å². The number of halogens is 1. The molecule has 5 atom stereocenters. The van der Waals surface area contributed by atoms with Crippen molar-refractivity contribution in [3.05, 3.63) is 71.9 Å². The predicted molar refractivity (Wildman–Crippen MR) is 199 cm³/mol. The molecular weight excluding hydrogens is 702 g/mol. The number of hydrogen-bond acceptors (Lipinski definition) is 7. The summed E-state index contributed by atoms with van der Waals surface area (Å²) >= 11 is 5.98. The number of primary amides is 1. The number of rotatable bonds is 16. The van der Waals surface area contributed by atoms with Crippen molar-refractivity contribution in [2.45, 2.75) is 81.5 Å². The van der Waals surface area contributed by atoms with E-state index in [-0.39, 0.29) is 43.7 Å². The Kier molecular flexibility index (Phi) is 13.0. The lowest BCUT2D eigenvalue weighted by Crippen LogP contribution is -2.61. The number of para-hydroxylation sites is 1. The molecule has 1 saturated carbocycles. The first-order valence-electron chi connectivity index (χ1n) is 18.1. The topological polar surface area (TPSA) is 196 Å². The Morgan fingerprint density at radius 2 is 1.77 bits per heavy atom. The van der Waals surface area contributed by atoms with Crippen molar-refractivity contribution in [2.75, 3.05) is 32.6 Å². The maximum Gasteiger partial charge on any atom is 0.328 e. The first-order chi connectivity index (χ1) is 25.5. The van der Waals surface area contributed by atoms with Gasteiger partial charge in [0.15, 0.2) is 0 Å². The molecule has 2 fully saturated rings. The first-order valence-corrected chi connectivity index (χ1v) is 18.6. The van der Waals surface area contributed by atoms with Gasteiger partial charge in [-0.25, -0.2) is 9.59 Å². The maximum atomic E-state index is 14.7. The minimum absolute atomic E-state index is 0.0774. The molecule has 2 aliphatic rings. The van der Waals surface area contributed by atoms with E-state index in [1.54, 1.807) is 25.1 Å². The fraction of sp³-hybridized carbons (Fsp3) is 0.474. The Hall–Kier alpha value is -5.11. The third-order valence-electron chi connectivity index (χ3n) is 10.2. The molecule has 2 aromatic carbocycles. The molecule has 0 radical (unpaired) electrons. The highest BCUT2D eigenvalue weighted by molar-refractivity contribution is 6.27. The average Bonchev–Trinajstić information content (AvgIpc) is 3.81. The number of ether oxygens (including phenoxy) is 1. The van der Waals surface area contributed by atoms with Gasteiger partial charge in [0, 0.05) is 49.6 Å². The minimum atomic E-state index is -1.21. The van der Waals surface area contributed by atoms with Crippen LogP contribution in [-0.4, -0.2) is 107 Å². The van der Waals surface area contributed by atoms with Crippen molar-refractivity contribution in [3.63, 3.8) is 0 Å². The van der Waals surface area contributed by atoms with Gasteiger partial charge in [0.05, 0.1) is 6.61 Å². The van der Waals surface area contributed by atoms with Gasteiger partial charge in [0.25, 0.3) is 0 Å². The summed E-state index contributed by atoms with van der Waals surface area (Å²) in [5, 5.41) is 9.02. The molecule has 284 valence electrons. The van der Waals surface area contributed by atoms with Crippen LogP contribution in [0.5, 0.6) is 0 Å². The van der Waals surface area contributed by atoms with Crippen molar-refractivity contribution in [3.8, 4) is 0 Å². The molecule has 0 bridgehead atoms. The van der Waals surface area contributed by atoms with E-state index in [0.717, 1.165) is 22.0 Å². The highest BCUT2D eigenvalue weighted by Gasteiger charge is 2.66. The summed E-state index contributed by atoms with van der Waals surface area (Å²) < 4.78 is 5.23. The number of aromatic nitrogens is 1. The zero-order chi connectivity index (χ0) is 38.1. The molecule has 53 heavy (non-hydrogen) atoms. The number of alkyl halides is 1. The number of likely N-dealkylation sites (N-methyl/N-ethyl adjacent to an activating group) is 1. The SMILES string of the molecule is CCOC(=O)[C@H](CCCNC(N)=O)NC(=O)C(Cc1c[nH]c2ccccc12)NC(=O)[C@@H]1CCCCN1C(=O)C1(N(C)C(=O)CCl)CC1c1ccccc1. The second kappa shape index (κ2) is 17.6. The Morgan fingerprint density at radius 3 is 2.49 bits per heavy atom. The summed E-state index contributed by atoms with van der Waals surface area (Å²) in [6.45, 7) is 2.22. The number of likely N-dealkylation sites (tertiary alicyclic amines) is 1. The molecule has 15 heteroatoms. The number of nitrogens with zero attached hydrogens (tertiary/aromatic N) is 2. The number of carbonyl (C=O) groups is 6. The molecule has 3 unspecified atom stereocenters. The number of aromatic amines is 1. The van der Waals surface area contributed by atoms with Crippen LogP contribution >= 0.6 is 11.6 Å². The van der Waals surface area contributed by atoms with E-state index < -0.39 is 53.4 Å². The smallest absolute Gasteiger partial charge is 0.328 e. The number of esters is 1. The molecule has 6 N–H and O–H groups in total. The normalized spacial score (nSPS) is 20.5. The number of benzene rings is 2. The lowest BCUT2D eigenvalue weighted by atomic mass is 9.96. The molecule has 1 aromatic heterocycles. The lowest BCUT2D eigenvalue weighted by Gasteiger charge is -2.40. The van der Waals surface area contributed by atoms with E-state index in [2.05, 4.69) is 20.9 Å². The van der Waals surface area contributed by atoms with Gasteiger partial charge < -0.3 is 41.2 Å². The van der Waals surface area contributed by atoms with E-state index >= 15 is 0 Å². The molecule has 14 nitrogen and oxygen atoms in total. The van der Waals surface area contributed by atoms with Crippen molar-refractivity contribution in [1.29, 1.82) is 0 Å². The third-order valence-corrected chi connectivity index (χ3v) is 10.5. The van der Waals surface area contributed by atoms with Crippen LogP contribution in [0.4, 0.5) is 4.79 Å². The molecule has 2 heterocycles. The zero-order valence-corrected chi connectivity index (χ0v) is 30.8. The maximum absolute atomic E-state index is 14.7. The number of piperidine rings is 1. The number of amides is 6. The van der Waals surface area contributed by atoms with Crippen molar-refractivity contribution in [2.24, 2.45) is 5.73 Å². The molecule has 5 rings (SSSR count). The van der Waals surface area contributed by atoms with Crippen LogP contribution in [0.3, 0.4) is 0 Å². The molecule has 1 saturated heterocycles. The second-order valence-electron chi connectivity index (χ2n) is 13.6. The van der Waals surface area contributed by atoms with Crippen LogP contribution in [0.2, 0.25) is 0 Å². The summed E-state index contributed by atoms with van der Waals surface area (Å²) in [7, 11) is 1.58. The highest BCUT2D eigenvalue weighted by atomic mass is 35.5. The quantitative estimate of drug-likeness (QED) is 0.0843. The number of nitrogens with one attached hydrogen (secondary N) is 4. The summed E-state index contributed by atoms with van der Waals surface area (Å²) in [4.78, 5) is 86.3. The summed E-state index contributed by atoms with van der Waals surface area (Å²) in [6.07, 6.45) is 4.40. The first kappa shape index (κ1) is 39.1. The van der Waals surface area contributed by atoms with E-state index in [1.165, 1.54) is 4.90 Å². The summed E-state index contributed by atoms with van der Waals surface area (Å²) in [6, 6.07) is 13.2. The molecule has 0 spiro atoms. The number of fused-ring (bicyclic) bond motifs is 1. The van der Waals surface area contributed by atoms with Crippen LogP contribution in [0.15, 0.2) is 60.8 Å². The predicted octanol–water partition coefficient (Wildman–Crippen LogP) is 2.70. The Bertz CT molecular complexity index is 1800. The van der Waals surface area contributed by atoms with Gasteiger partial charge in [-0.3, -0.25) is 19.2 Å². The molecule has 1 aliphatic heterocycles. The number of nitrogens with two attached hydrogens (primary N) is 1. The van der Waals surface area contributed by atoms with Crippen molar-refractivity contribution < 1.29 is 33.5 Å². The minimum Gasteiger partial charge on any atom is -0.464 e. The Morgan fingerprint density at radius 1 is 1.04 bits per heavy atom. The van der Waals surface area contributed by atoms with Gasteiger partial charge in [-0.1, -0.05) is 48.5 Å². The number of carbonyl (C=O) groups excluding carboxylic acids is 6. The largest absolute Gasteiger partial charge is 0.464 e. The van der Waals surface area contributed by atoms with Gasteiger partial charge in [-0.05, 0) is 62.6 Å². The number of H-pyrrole nitrogens is 1. The average molecular weight is 750 g/mol. The van der Waals surface area contributed by atoms with E-state index in [0.29, 0.717) is 38.6 Å². The van der Waals surface area contributed by atoms with Gasteiger partial charge in [0.2, 0.25) is 23.6 Å². The van der Waals surface area contributed by atoms with Crippen LogP contribution in [0.1, 0.15) is 62.5 Å². The van der Waals surface area contributed by atoms with Crippen molar-refractivity contribution in [1.82, 2.24) is 30.7 Å². The van der Waals surface area contributed by atoms with Crippen LogP contribution in [0, 0.1) is 0 Å². The standard InChI is InChI=1S/C38H48ClN7O7/c1-3-53-35(50)29(16-11-18-41-37(40)52)43-33(48)30(20-25-23-42-28-15-8-7-14-26(25)28)44-34(49)31-17-9-10-19-46(31)36(51)38(45(2)32(47)22-39)21-27(38)24-12-5-4-6-13-24/h4-8,12-15,23,27,29-31,42H,3,9-11,16-22H2,1-2H3,(H,43,48)(H,44,49)(H3,40,41,52)/t27?,29-,30?,31-,38?/m0/s1. The molecular formula is C38H48ClN7O7. The van der Waals surface area contributed by atoms with Gasteiger partial charge in [-0.2, -0.15) is 0 Å². The van der Waals surface area contributed by atoms with Crippen LogP contribution in [0.25, 0.3) is 10.9 Å². The van der Waals surface area contributed by atoms with Gasteiger partial charge in [0.1, 0.15) is 29.5 Å². The summed E-state index contributed by atoms with van der Waals surface area (Å²) in [5.41, 5.74) is 6.48. The van der Waals surface area contributed by atoms with Gasteiger partial charge >= 0.3 is 12.0 Å². The second-order valence-corrected chi connectivity index (χ2v) is 13.8. The monoisotopic (exact) mass is 749 g/mol. The number of urea groups is 1. The fourth-order valence-electron chi connectivity index (χ4n) is 7.37. The number of hydrogen-bond donors (Lipinski definition) is 5. The highest BCUT2D eigenvalue weighted by Crippen LogP contribution is 2.56. The molecule has 1 aliphatic carbocycles. The zero-order valence-electron chi connectivity index (χ0n) is 30.1. The third kappa shape index (κ3) is 8.93. The lowest BCUT2D eigenvalue weighted by molar-refractivity contribution is -0.152.